The third kappa shape index (κ3) is 2.78. The normalized spacial score (nSPS) is 30.0. The van der Waals surface area contributed by atoms with E-state index >= 15 is 0 Å². The molecular weight excluding hydrogens is 338 g/mol. The number of amides is 1. The first-order chi connectivity index (χ1) is 11.7. The Kier molecular flexibility index (Phi) is 4.40. The summed E-state index contributed by atoms with van der Waals surface area (Å²) in [5.74, 6) is 0.496. The zero-order valence-electron chi connectivity index (χ0n) is 13.7. The number of thiophene rings is 1. The highest BCUT2D eigenvalue weighted by atomic mass is 35.5. The number of piperidine rings is 1. The minimum Gasteiger partial charge on any atom is -0.330 e. The van der Waals surface area contributed by atoms with E-state index in [1.165, 1.54) is 29.7 Å². The predicted octanol–water partition coefficient (Wildman–Crippen LogP) is 5.50. The van der Waals surface area contributed by atoms with Gasteiger partial charge in [-0.3, -0.25) is 4.79 Å². The van der Waals surface area contributed by atoms with Gasteiger partial charge in [0.05, 0.1) is 15.8 Å². The number of carbonyl (C=O) groups excluding carboxylic acids is 1. The summed E-state index contributed by atoms with van der Waals surface area (Å²) in [5, 5.41) is 1.97. The molecule has 2 heterocycles. The van der Waals surface area contributed by atoms with Crippen LogP contribution in [0.15, 0.2) is 47.8 Å². The molecule has 3 atom stereocenters. The van der Waals surface area contributed by atoms with Crippen LogP contribution in [0.3, 0.4) is 0 Å². The Hall–Kier alpha value is -1.32. The molecule has 126 valence electrons. The van der Waals surface area contributed by atoms with Gasteiger partial charge < -0.3 is 4.90 Å². The average Bonchev–Trinajstić information content (AvgIpc) is 3.15. The Morgan fingerprint density at radius 2 is 1.96 bits per heavy atom. The molecular formula is C20H22ClNOS. The third-order valence-electron chi connectivity index (χ3n) is 5.64. The molecule has 4 heteroatoms. The molecule has 2 aromatic rings. The maximum atomic E-state index is 13.1. The fraction of sp³-hybridized carbons (Fsp3) is 0.450. The van der Waals surface area contributed by atoms with Gasteiger partial charge in [-0.2, -0.15) is 0 Å². The highest BCUT2D eigenvalue weighted by Crippen LogP contribution is 2.52. The van der Waals surface area contributed by atoms with E-state index in [4.69, 9.17) is 11.6 Å². The lowest BCUT2D eigenvalue weighted by atomic mass is 9.68. The number of halogens is 1. The summed E-state index contributed by atoms with van der Waals surface area (Å²) in [5.41, 5.74) is 1.22. The molecule has 0 spiro atoms. The Bertz CT molecular complexity index is 702. The van der Waals surface area contributed by atoms with Gasteiger partial charge in [0.2, 0.25) is 0 Å². The molecule has 2 fully saturated rings. The molecule has 1 amide bonds. The van der Waals surface area contributed by atoms with Crippen LogP contribution < -0.4 is 0 Å². The summed E-state index contributed by atoms with van der Waals surface area (Å²) in [6, 6.07) is 14.4. The average molecular weight is 360 g/mol. The number of fused-ring (bicyclic) bond motifs is 1. The van der Waals surface area contributed by atoms with Crippen LogP contribution in [-0.4, -0.2) is 22.2 Å². The number of rotatable bonds is 2. The predicted molar refractivity (Wildman–Crippen MR) is 99.7 cm³/mol. The molecule has 1 saturated carbocycles. The number of hydrogen-bond donors (Lipinski definition) is 0. The zero-order chi connectivity index (χ0) is 16.6. The number of carbonyl (C=O) groups is 1. The van der Waals surface area contributed by atoms with Crippen LogP contribution in [-0.2, 0) is 0 Å². The van der Waals surface area contributed by atoms with Crippen LogP contribution in [0.2, 0.25) is 0 Å². The van der Waals surface area contributed by atoms with Crippen molar-refractivity contribution >= 4 is 28.8 Å². The summed E-state index contributed by atoms with van der Waals surface area (Å²) in [7, 11) is 0. The molecule has 2 aliphatic rings. The molecule has 0 unspecified atom stereocenters. The molecule has 1 aromatic heterocycles. The first-order valence-electron chi connectivity index (χ1n) is 8.77. The molecule has 2 nitrogen and oxygen atoms in total. The van der Waals surface area contributed by atoms with Crippen molar-refractivity contribution in [2.45, 2.75) is 43.0 Å². The third-order valence-corrected chi connectivity index (χ3v) is 7.16. The van der Waals surface area contributed by atoms with Crippen molar-refractivity contribution in [1.82, 2.24) is 4.90 Å². The number of alkyl halides is 1. The van der Waals surface area contributed by atoms with Gasteiger partial charge in [-0.15, -0.1) is 22.9 Å². The molecule has 24 heavy (non-hydrogen) atoms. The van der Waals surface area contributed by atoms with E-state index in [0.29, 0.717) is 5.92 Å². The van der Waals surface area contributed by atoms with Gasteiger partial charge >= 0.3 is 0 Å². The van der Waals surface area contributed by atoms with Crippen molar-refractivity contribution in [1.29, 1.82) is 0 Å². The summed E-state index contributed by atoms with van der Waals surface area (Å²) < 4.78 is 0. The summed E-state index contributed by atoms with van der Waals surface area (Å²) >= 11 is 8.61. The van der Waals surface area contributed by atoms with Crippen molar-refractivity contribution < 1.29 is 4.79 Å². The maximum Gasteiger partial charge on any atom is 0.264 e. The van der Waals surface area contributed by atoms with Crippen molar-refractivity contribution in [2.24, 2.45) is 5.92 Å². The second-order valence-corrected chi connectivity index (χ2v) is 8.67. The van der Waals surface area contributed by atoms with E-state index in [-0.39, 0.29) is 16.8 Å². The summed E-state index contributed by atoms with van der Waals surface area (Å²) in [4.78, 5) is 15.9. The summed E-state index contributed by atoms with van der Waals surface area (Å²) in [6.07, 6.45) is 5.50. The molecule has 1 aromatic carbocycles. The van der Waals surface area contributed by atoms with Gasteiger partial charge in [-0.25, -0.2) is 0 Å². The van der Waals surface area contributed by atoms with Gasteiger partial charge in [0.1, 0.15) is 0 Å². The Morgan fingerprint density at radius 3 is 2.71 bits per heavy atom. The largest absolute Gasteiger partial charge is 0.330 e. The minimum atomic E-state index is -0.148. The van der Waals surface area contributed by atoms with Crippen LogP contribution >= 0.6 is 22.9 Å². The quantitative estimate of drug-likeness (QED) is 0.648. The lowest BCUT2D eigenvalue weighted by molar-refractivity contribution is 0.0283. The highest BCUT2D eigenvalue weighted by molar-refractivity contribution is 7.12. The van der Waals surface area contributed by atoms with Crippen LogP contribution in [0.25, 0.3) is 0 Å². The number of nitrogens with zero attached hydrogens (tertiary/aromatic N) is 1. The molecule has 0 bridgehead atoms. The number of benzene rings is 1. The Morgan fingerprint density at radius 1 is 1.12 bits per heavy atom. The number of hydrogen-bond acceptors (Lipinski definition) is 2. The second-order valence-electron chi connectivity index (χ2n) is 6.97. The molecule has 1 saturated heterocycles. The van der Waals surface area contributed by atoms with E-state index < -0.39 is 0 Å². The van der Waals surface area contributed by atoms with Gasteiger partial charge in [0.15, 0.2) is 0 Å². The first-order valence-corrected chi connectivity index (χ1v) is 10.0. The van der Waals surface area contributed by atoms with E-state index in [1.807, 2.05) is 23.6 Å². The first kappa shape index (κ1) is 16.2. The van der Waals surface area contributed by atoms with E-state index in [9.17, 15) is 4.79 Å². The smallest absolute Gasteiger partial charge is 0.264 e. The van der Waals surface area contributed by atoms with E-state index in [1.54, 1.807) is 0 Å². The second kappa shape index (κ2) is 6.53. The van der Waals surface area contributed by atoms with Gasteiger partial charge in [0, 0.05) is 12.5 Å². The highest BCUT2D eigenvalue weighted by Gasteiger charge is 2.50. The van der Waals surface area contributed by atoms with Crippen LogP contribution in [0.5, 0.6) is 0 Å². The van der Waals surface area contributed by atoms with Gasteiger partial charge in [-0.05, 0) is 36.3 Å². The topological polar surface area (TPSA) is 20.3 Å². The SMILES string of the molecule is O=C(c1cccs1)N1CC[C@]2(Cl)CCCC[C@@H]2[C@H]1c1ccccc1. The van der Waals surface area contributed by atoms with Gasteiger partial charge in [-0.1, -0.05) is 49.2 Å². The van der Waals surface area contributed by atoms with Crippen LogP contribution in [0.4, 0.5) is 0 Å². The van der Waals surface area contributed by atoms with Crippen molar-refractivity contribution in [2.75, 3.05) is 6.54 Å². The molecule has 0 N–H and O–H groups in total. The summed E-state index contributed by atoms with van der Waals surface area (Å²) in [6.45, 7) is 0.746. The molecule has 0 radical (unpaired) electrons. The lowest BCUT2D eigenvalue weighted by Gasteiger charge is -2.52. The Labute approximate surface area is 152 Å². The van der Waals surface area contributed by atoms with E-state index in [2.05, 4.69) is 29.2 Å². The fourth-order valence-corrected chi connectivity index (χ4v) is 5.60. The number of likely N-dealkylation sites (tertiary alicyclic amines) is 1. The van der Waals surface area contributed by atoms with Crippen molar-refractivity contribution in [3.63, 3.8) is 0 Å². The standard InChI is InChI=1S/C20H22ClNOS/c21-20-11-5-4-9-16(20)18(15-7-2-1-3-8-15)22(13-12-20)19(23)17-10-6-14-24-17/h1-3,6-8,10,14,16,18H,4-5,9,11-13H2/t16-,18-,20-/m1/s1. The lowest BCUT2D eigenvalue weighted by Crippen LogP contribution is -2.53. The molecule has 1 aliphatic carbocycles. The van der Waals surface area contributed by atoms with E-state index in [0.717, 1.165) is 30.7 Å². The van der Waals surface area contributed by atoms with Crippen LogP contribution in [0, 0.1) is 5.92 Å². The monoisotopic (exact) mass is 359 g/mol. The van der Waals surface area contributed by atoms with Gasteiger partial charge in [0.25, 0.3) is 5.91 Å². The van der Waals surface area contributed by atoms with Crippen LogP contribution in [0.1, 0.15) is 53.4 Å². The molecule has 1 aliphatic heterocycles. The fourth-order valence-electron chi connectivity index (χ4n) is 4.47. The molecule has 4 rings (SSSR count). The van der Waals surface area contributed by atoms with Crippen molar-refractivity contribution in [3.05, 3.63) is 58.3 Å². The Balaban J connectivity index is 1.74. The van der Waals surface area contributed by atoms with Crippen molar-refractivity contribution in [3.8, 4) is 0 Å². The zero-order valence-corrected chi connectivity index (χ0v) is 15.2. The minimum absolute atomic E-state index is 0.0901. The maximum absolute atomic E-state index is 13.1.